The van der Waals surface area contributed by atoms with Gasteiger partial charge in [-0.1, -0.05) is 0 Å². The normalized spacial score (nSPS) is 11.5. The van der Waals surface area contributed by atoms with E-state index in [1.165, 1.54) is 19.5 Å². The quantitative estimate of drug-likeness (QED) is 0.527. The van der Waals surface area contributed by atoms with Crippen molar-refractivity contribution in [1.29, 1.82) is 0 Å². The average molecular weight is 188 g/mol. The molecule has 0 N–H and O–H groups in total. The lowest BCUT2D eigenvalue weighted by molar-refractivity contribution is 0.178. The molecule has 0 spiro atoms. The van der Waals surface area contributed by atoms with Gasteiger partial charge < -0.3 is 14.5 Å². The fourth-order valence-electron chi connectivity index (χ4n) is 1.25. The zero-order chi connectivity index (χ0) is 10.1. The van der Waals surface area contributed by atoms with E-state index in [9.17, 15) is 0 Å². The molecule has 0 radical (unpaired) electrons. The van der Waals surface area contributed by atoms with Crippen LogP contribution in [0.15, 0.2) is 0 Å². The van der Waals surface area contributed by atoms with Crippen molar-refractivity contribution in [2.24, 2.45) is 0 Å². The number of ether oxygens (including phenoxy) is 1. The molecule has 0 amide bonds. The molecule has 13 heavy (non-hydrogen) atoms. The van der Waals surface area contributed by atoms with Crippen LogP contribution >= 0.6 is 0 Å². The van der Waals surface area contributed by atoms with Crippen molar-refractivity contribution < 1.29 is 4.74 Å². The molecule has 3 heteroatoms. The molecular formula is C10H24N2O. The van der Waals surface area contributed by atoms with Gasteiger partial charge in [-0.25, -0.2) is 0 Å². The fraction of sp³-hybridized carbons (Fsp3) is 1.00. The lowest BCUT2D eigenvalue weighted by Gasteiger charge is -2.17. The second-order valence-electron chi connectivity index (χ2n) is 3.81. The summed E-state index contributed by atoms with van der Waals surface area (Å²) < 4.78 is 5.00. The molecule has 0 atom stereocenters. The first-order chi connectivity index (χ1) is 6.16. The maximum Gasteiger partial charge on any atom is 0.0474 e. The maximum atomic E-state index is 5.00. The molecule has 0 saturated carbocycles. The minimum atomic E-state index is 0.873. The summed E-state index contributed by atoms with van der Waals surface area (Å²) in [6.07, 6.45) is 2.38. The van der Waals surface area contributed by atoms with Crippen LogP contribution in [0.4, 0.5) is 0 Å². The van der Waals surface area contributed by atoms with Crippen molar-refractivity contribution in [2.75, 3.05) is 54.5 Å². The Morgan fingerprint density at radius 2 is 1.54 bits per heavy atom. The van der Waals surface area contributed by atoms with Crippen LogP contribution in [0.2, 0.25) is 0 Å². The van der Waals surface area contributed by atoms with Crippen LogP contribution in [0, 0.1) is 0 Å². The van der Waals surface area contributed by atoms with Gasteiger partial charge in [-0.15, -0.1) is 0 Å². The van der Waals surface area contributed by atoms with Crippen LogP contribution in [0.5, 0.6) is 0 Å². The highest BCUT2D eigenvalue weighted by atomic mass is 16.5. The van der Waals surface area contributed by atoms with E-state index in [-0.39, 0.29) is 0 Å². The monoisotopic (exact) mass is 188 g/mol. The molecule has 0 heterocycles. The van der Waals surface area contributed by atoms with Crippen molar-refractivity contribution in [1.82, 2.24) is 9.80 Å². The Bertz CT molecular complexity index is 107. The van der Waals surface area contributed by atoms with E-state index in [2.05, 4.69) is 30.9 Å². The van der Waals surface area contributed by atoms with Crippen molar-refractivity contribution in [2.45, 2.75) is 12.8 Å². The van der Waals surface area contributed by atoms with Gasteiger partial charge >= 0.3 is 0 Å². The first kappa shape index (κ1) is 12.9. The molecule has 0 saturated heterocycles. The highest BCUT2D eigenvalue weighted by Crippen LogP contribution is 1.91. The number of methoxy groups -OCH3 is 1. The predicted octanol–water partition coefficient (Wildman–Crippen LogP) is 0.906. The molecule has 0 aliphatic carbocycles. The molecule has 3 nitrogen and oxygen atoms in total. The van der Waals surface area contributed by atoms with Gasteiger partial charge in [-0.2, -0.15) is 0 Å². The van der Waals surface area contributed by atoms with Gasteiger partial charge in [0.05, 0.1) is 0 Å². The molecule has 0 aliphatic heterocycles. The van der Waals surface area contributed by atoms with Gasteiger partial charge in [0.25, 0.3) is 0 Å². The van der Waals surface area contributed by atoms with Crippen molar-refractivity contribution >= 4 is 0 Å². The van der Waals surface area contributed by atoms with Crippen LogP contribution in [0.3, 0.4) is 0 Å². The number of hydrogen-bond donors (Lipinski definition) is 0. The van der Waals surface area contributed by atoms with Crippen LogP contribution in [0.1, 0.15) is 12.8 Å². The zero-order valence-electron chi connectivity index (χ0n) is 9.55. The lowest BCUT2D eigenvalue weighted by Crippen LogP contribution is -2.25. The molecule has 80 valence electrons. The molecule has 0 aliphatic rings. The third kappa shape index (κ3) is 9.80. The summed E-state index contributed by atoms with van der Waals surface area (Å²) in [5.41, 5.74) is 0. The minimum Gasteiger partial charge on any atom is -0.385 e. The number of rotatable bonds is 8. The fourth-order valence-corrected chi connectivity index (χ4v) is 1.25. The van der Waals surface area contributed by atoms with Crippen molar-refractivity contribution in [3.8, 4) is 0 Å². The van der Waals surface area contributed by atoms with Crippen molar-refractivity contribution in [3.05, 3.63) is 0 Å². The second kappa shape index (κ2) is 8.48. The van der Waals surface area contributed by atoms with Crippen molar-refractivity contribution in [3.63, 3.8) is 0 Å². The molecule has 0 unspecified atom stereocenters. The molecular weight excluding hydrogens is 164 g/mol. The average Bonchev–Trinajstić information content (AvgIpc) is 2.04. The molecule has 0 aromatic heterocycles. The first-order valence-electron chi connectivity index (χ1n) is 4.99. The third-order valence-corrected chi connectivity index (χ3v) is 2.03. The highest BCUT2D eigenvalue weighted by Gasteiger charge is 1.97. The van der Waals surface area contributed by atoms with E-state index in [1.807, 2.05) is 0 Å². The van der Waals surface area contributed by atoms with E-state index >= 15 is 0 Å². The zero-order valence-corrected chi connectivity index (χ0v) is 9.55. The van der Waals surface area contributed by atoms with Gasteiger partial charge in [0, 0.05) is 20.3 Å². The summed E-state index contributed by atoms with van der Waals surface area (Å²) in [6.45, 7) is 4.37. The Balaban J connectivity index is 3.15. The van der Waals surface area contributed by atoms with Crippen LogP contribution in [-0.4, -0.2) is 64.3 Å². The summed E-state index contributed by atoms with van der Waals surface area (Å²) in [6, 6.07) is 0. The molecule has 0 aromatic carbocycles. The van der Waals surface area contributed by atoms with Gasteiger partial charge in [0.2, 0.25) is 0 Å². The second-order valence-corrected chi connectivity index (χ2v) is 3.81. The highest BCUT2D eigenvalue weighted by molar-refractivity contribution is 4.53. The van der Waals surface area contributed by atoms with Gasteiger partial charge in [-0.3, -0.25) is 0 Å². The van der Waals surface area contributed by atoms with E-state index in [0.717, 1.165) is 19.6 Å². The Labute approximate surface area is 82.7 Å². The molecule has 0 aromatic rings. The van der Waals surface area contributed by atoms with E-state index < -0.39 is 0 Å². The van der Waals surface area contributed by atoms with Gasteiger partial charge in [-0.05, 0) is 47.1 Å². The summed E-state index contributed by atoms with van der Waals surface area (Å²) in [5, 5.41) is 0. The summed E-state index contributed by atoms with van der Waals surface area (Å²) in [7, 11) is 8.16. The molecule has 0 fully saturated rings. The van der Waals surface area contributed by atoms with Gasteiger partial charge in [0.15, 0.2) is 0 Å². The standard InChI is InChI=1S/C10H24N2O/c1-11(2)7-5-8-12(3)9-6-10-13-4/h5-10H2,1-4H3. The number of nitrogens with zero attached hydrogens (tertiary/aromatic N) is 2. The van der Waals surface area contributed by atoms with E-state index in [1.54, 1.807) is 7.11 Å². The maximum absolute atomic E-state index is 5.00. The smallest absolute Gasteiger partial charge is 0.0474 e. The van der Waals surface area contributed by atoms with Crippen LogP contribution < -0.4 is 0 Å². The Kier molecular flexibility index (Phi) is 8.40. The SMILES string of the molecule is COCCCN(C)CCCN(C)C. The predicted molar refractivity (Wildman–Crippen MR) is 57.2 cm³/mol. The van der Waals surface area contributed by atoms with Crippen LogP contribution in [-0.2, 0) is 4.74 Å². The Hall–Kier alpha value is -0.120. The summed E-state index contributed by atoms with van der Waals surface area (Å²) >= 11 is 0. The molecule has 0 bridgehead atoms. The Morgan fingerprint density at radius 3 is 2.08 bits per heavy atom. The van der Waals surface area contributed by atoms with Crippen LogP contribution in [0.25, 0.3) is 0 Å². The number of hydrogen-bond acceptors (Lipinski definition) is 3. The third-order valence-electron chi connectivity index (χ3n) is 2.03. The van der Waals surface area contributed by atoms with E-state index in [0.29, 0.717) is 0 Å². The lowest BCUT2D eigenvalue weighted by atomic mass is 10.3. The Morgan fingerprint density at radius 1 is 0.923 bits per heavy atom. The first-order valence-corrected chi connectivity index (χ1v) is 4.99. The summed E-state index contributed by atoms with van der Waals surface area (Å²) in [4.78, 5) is 4.59. The minimum absolute atomic E-state index is 0.873. The summed E-state index contributed by atoms with van der Waals surface area (Å²) in [5.74, 6) is 0. The van der Waals surface area contributed by atoms with E-state index in [4.69, 9.17) is 4.74 Å². The molecule has 0 rings (SSSR count). The topological polar surface area (TPSA) is 15.7 Å². The van der Waals surface area contributed by atoms with Gasteiger partial charge in [0.1, 0.15) is 0 Å². The largest absolute Gasteiger partial charge is 0.385 e.